The number of fused-ring (bicyclic) bond motifs is 2. The van der Waals surface area contributed by atoms with E-state index < -0.39 is 0 Å². The van der Waals surface area contributed by atoms with Gasteiger partial charge in [-0.25, -0.2) is 4.98 Å². The molecular formula is C27H28N6O3. The molecule has 2 aromatic heterocycles. The van der Waals surface area contributed by atoms with Crippen molar-refractivity contribution < 1.29 is 14.3 Å². The van der Waals surface area contributed by atoms with Crippen molar-refractivity contribution in [3.63, 3.8) is 0 Å². The molecule has 0 radical (unpaired) electrons. The van der Waals surface area contributed by atoms with Gasteiger partial charge in [0.15, 0.2) is 0 Å². The van der Waals surface area contributed by atoms with Crippen LogP contribution in [0.15, 0.2) is 48.5 Å². The summed E-state index contributed by atoms with van der Waals surface area (Å²) in [7, 11) is 1.88. The quantitative estimate of drug-likeness (QED) is 0.478. The van der Waals surface area contributed by atoms with Gasteiger partial charge in [-0.3, -0.25) is 19.6 Å². The highest BCUT2D eigenvalue weighted by Crippen LogP contribution is 2.34. The molecule has 184 valence electrons. The first kappa shape index (κ1) is 22.5. The summed E-state index contributed by atoms with van der Waals surface area (Å²) < 4.78 is 9.60. The van der Waals surface area contributed by atoms with Crippen LogP contribution in [0.2, 0.25) is 0 Å². The van der Waals surface area contributed by atoms with E-state index in [-0.39, 0.29) is 17.9 Å². The van der Waals surface area contributed by atoms with Crippen molar-refractivity contribution in [2.24, 2.45) is 7.05 Å². The van der Waals surface area contributed by atoms with E-state index in [4.69, 9.17) is 9.84 Å². The van der Waals surface area contributed by atoms with Gasteiger partial charge in [-0.05, 0) is 30.7 Å². The highest BCUT2D eigenvalue weighted by Gasteiger charge is 2.31. The lowest BCUT2D eigenvalue weighted by Gasteiger charge is -2.27. The molecule has 4 heterocycles. The second-order valence-electron chi connectivity index (χ2n) is 9.44. The second-order valence-corrected chi connectivity index (χ2v) is 9.44. The number of ether oxygens (including phenoxy) is 1. The number of amides is 2. The van der Waals surface area contributed by atoms with Gasteiger partial charge in [0.1, 0.15) is 0 Å². The maximum atomic E-state index is 13.2. The molecule has 1 saturated heterocycles. The summed E-state index contributed by atoms with van der Waals surface area (Å²) in [5, 5.41) is 7.96. The highest BCUT2D eigenvalue weighted by molar-refractivity contribution is 6.04. The van der Waals surface area contributed by atoms with Crippen molar-refractivity contribution in [1.82, 2.24) is 24.2 Å². The van der Waals surface area contributed by atoms with Crippen molar-refractivity contribution in [3.05, 3.63) is 65.4 Å². The molecule has 1 fully saturated rings. The molecule has 1 N–H and O–H groups in total. The van der Waals surface area contributed by atoms with Crippen LogP contribution in [0.5, 0.6) is 0 Å². The molecule has 4 aromatic rings. The number of aromatic nitrogens is 4. The summed E-state index contributed by atoms with van der Waals surface area (Å²) in [5.41, 5.74) is 6.18. The molecule has 9 heteroatoms. The SMILES string of the molecule is CC(=O)N1CCc2c(c(-c3cccc(C(=O)Nc4nc5ccccc5n4C)c3)nn2C2CCOC2)C1. The number of nitrogens with zero attached hydrogens (tertiary/aromatic N) is 5. The largest absolute Gasteiger partial charge is 0.379 e. The number of hydrogen-bond acceptors (Lipinski definition) is 5. The molecule has 2 aliphatic heterocycles. The predicted molar refractivity (Wildman–Crippen MR) is 136 cm³/mol. The smallest absolute Gasteiger partial charge is 0.257 e. The number of hydrogen-bond donors (Lipinski definition) is 1. The van der Waals surface area contributed by atoms with Crippen molar-refractivity contribution in [2.45, 2.75) is 32.4 Å². The van der Waals surface area contributed by atoms with Gasteiger partial charge in [0.25, 0.3) is 5.91 Å². The van der Waals surface area contributed by atoms with Crippen LogP contribution in [0.1, 0.15) is 41.0 Å². The number of para-hydroxylation sites is 2. The van der Waals surface area contributed by atoms with E-state index >= 15 is 0 Å². The number of anilines is 1. The minimum atomic E-state index is -0.238. The number of benzene rings is 2. The van der Waals surface area contributed by atoms with E-state index in [9.17, 15) is 9.59 Å². The van der Waals surface area contributed by atoms with E-state index in [0.29, 0.717) is 31.2 Å². The third kappa shape index (κ3) is 3.85. The fourth-order valence-corrected chi connectivity index (χ4v) is 5.20. The van der Waals surface area contributed by atoms with E-state index in [1.54, 1.807) is 13.0 Å². The molecule has 0 aliphatic carbocycles. The molecule has 0 bridgehead atoms. The van der Waals surface area contributed by atoms with Gasteiger partial charge in [-0.15, -0.1) is 0 Å². The third-order valence-electron chi connectivity index (χ3n) is 7.19. The first-order valence-corrected chi connectivity index (χ1v) is 12.3. The van der Waals surface area contributed by atoms with Crippen molar-refractivity contribution in [3.8, 4) is 11.3 Å². The Labute approximate surface area is 208 Å². The summed E-state index contributed by atoms with van der Waals surface area (Å²) in [6.45, 7) is 4.17. The Balaban J connectivity index is 1.35. The van der Waals surface area contributed by atoms with Crippen LogP contribution < -0.4 is 5.32 Å². The summed E-state index contributed by atoms with van der Waals surface area (Å²) >= 11 is 0. The average Bonchev–Trinajstić information content (AvgIpc) is 3.62. The first-order chi connectivity index (χ1) is 17.5. The fraction of sp³-hybridized carbons (Fsp3) is 0.333. The van der Waals surface area contributed by atoms with Gasteiger partial charge >= 0.3 is 0 Å². The van der Waals surface area contributed by atoms with Crippen LogP contribution in [0.3, 0.4) is 0 Å². The van der Waals surface area contributed by atoms with Gasteiger partial charge in [-0.1, -0.05) is 24.3 Å². The zero-order chi connectivity index (χ0) is 24.8. The molecule has 1 atom stereocenters. The maximum Gasteiger partial charge on any atom is 0.257 e. The van der Waals surface area contributed by atoms with Gasteiger partial charge in [0.05, 0.1) is 29.4 Å². The monoisotopic (exact) mass is 484 g/mol. The molecule has 1 unspecified atom stereocenters. The number of nitrogens with one attached hydrogen (secondary N) is 1. The van der Waals surface area contributed by atoms with Gasteiger partial charge in [0.2, 0.25) is 11.9 Å². The standard InChI is InChI=1S/C27H28N6O3/c1-17(34)32-12-10-23-21(15-32)25(30-33(23)20-11-13-36-16-20)18-6-5-7-19(14-18)26(35)29-27-28-22-8-3-4-9-24(22)31(27)2/h3-9,14,20H,10-13,15-16H2,1-2H3,(H,28,29,35). The van der Waals surface area contributed by atoms with Crippen molar-refractivity contribution in [1.29, 1.82) is 0 Å². The van der Waals surface area contributed by atoms with E-state index in [1.807, 2.05) is 59.0 Å². The lowest BCUT2D eigenvalue weighted by atomic mass is 9.99. The van der Waals surface area contributed by atoms with Crippen LogP contribution in [0.25, 0.3) is 22.3 Å². The summed E-state index contributed by atoms with van der Waals surface area (Å²) in [4.78, 5) is 31.8. The Bertz CT molecular complexity index is 1480. The zero-order valence-electron chi connectivity index (χ0n) is 20.4. The van der Waals surface area contributed by atoms with Crippen LogP contribution in [-0.2, 0) is 29.5 Å². The molecule has 2 aliphatic rings. The molecule has 6 rings (SSSR count). The molecular weight excluding hydrogens is 456 g/mol. The highest BCUT2D eigenvalue weighted by atomic mass is 16.5. The van der Waals surface area contributed by atoms with Crippen molar-refractivity contribution >= 4 is 28.8 Å². The molecule has 2 amide bonds. The van der Waals surface area contributed by atoms with E-state index in [1.165, 1.54) is 0 Å². The average molecular weight is 485 g/mol. The molecule has 2 aromatic carbocycles. The minimum absolute atomic E-state index is 0.0548. The number of carbonyl (C=O) groups excluding carboxylic acids is 2. The normalized spacial score (nSPS) is 17.4. The van der Waals surface area contributed by atoms with Gasteiger partial charge in [-0.2, -0.15) is 5.10 Å². The lowest BCUT2D eigenvalue weighted by molar-refractivity contribution is -0.129. The van der Waals surface area contributed by atoms with Crippen LogP contribution in [-0.4, -0.2) is 55.8 Å². The third-order valence-corrected chi connectivity index (χ3v) is 7.19. The lowest BCUT2D eigenvalue weighted by Crippen LogP contribution is -2.35. The minimum Gasteiger partial charge on any atom is -0.379 e. The Hall–Kier alpha value is -3.98. The van der Waals surface area contributed by atoms with Crippen LogP contribution >= 0.6 is 0 Å². The molecule has 0 spiro atoms. The topological polar surface area (TPSA) is 94.3 Å². The molecule has 9 nitrogen and oxygen atoms in total. The molecule has 36 heavy (non-hydrogen) atoms. The Morgan fingerprint density at radius 1 is 1.14 bits per heavy atom. The van der Waals surface area contributed by atoms with E-state index in [0.717, 1.165) is 53.0 Å². The summed E-state index contributed by atoms with van der Waals surface area (Å²) in [5.74, 6) is 0.309. The van der Waals surface area contributed by atoms with E-state index in [2.05, 4.69) is 15.0 Å². The Kier molecular flexibility index (Phi) is 5.56. The Morgan fingerprint density at radius 2 is 2.00 bits per heavy atom. The van der Waals surface area contributed by atoms with Crippen LogP contribution in [0.4, 0.5) is 5.95 Å². The number of rotatable bonds is 4. The second kappa shape index (κ2) is 8.91. The Morgan fingerprint density at radius 3 is 2.78 bits per heavy atom. The van der Waals surface area contributed by atoms with Gasteiger partial charge < -0.3 is 14.2 Å². The summed E-state index contributed by atoms with van der Waals surface area (Å²) in [6.07, 6.45) is 1.68. The summed E-state index contributed by atoms with van der Waals surface area (Å²) in [6, 6.07) is 15.5. The fourth-order valence-electron chi connectivity index (χ4n) is 5.20. The zero-order valence-corrected chi connectivity index (χ0v) is 20.4. The predicted octanol–water partition coefficient (Wildman–Crippen LogP) is 3.56. The number of aryl methyl sites for hydroxylation is 1. The van der Waals surface area contributed by atoms with Crippen molar-refractivity contribution in [2.75, 3.05) is 25.1 Å². The molecule has 0 saturated carbocycles. The van der Waals surface area contributed by atoms with Crippen LogP contribution in [0, 0.1) is 0 Å². The van der Waals surface area contributed by atoms with Gasteiger partial charge in [0, 0.05) is 62.5 Å². The first-order valence-electron chi connectivity index (χ1n) is 12.3. The number of imidazole rings is 1. The maximum absolute atomic E-state index is 13.2. The number of carbonyl (C=O) groups is 2.